The van der Waals surface area contributed by atoms with Crippen LogP contribution in [0.3, 0.4) is 0 Å². The number of carbonyl (C=O) groups excluding carboxylic acids is 3. The molecule has 2 fully saturated rings. The first-order valence-electron chi connectivity index (χ1n) is 13.0. The first kappa shape index (κ1) is 25.8. The predicted molar refractivity (Wildman–Crippen MR) is 139 cm³/mol. The number of ketones is 1. The molecule has 2 aliphatic heterocycles. The Morgan fingerprint density at radius 1 is 1.08 bits per heavy atom. The number of nitrogens with one attached hydrogen (secondary N) is 2. The number of aryl methyl sites for hydroxylation is 2. The highest BCUT2D eigenvalue weighted by Crippen LogP contribution is 2.22. The molecule has 0 saturated carbocycles. The van der Waals surface area contributed by atoms with Crippen molar-refractivity contribution in [3.63, 3.8) is 0 Å². The third kappa shape index (κ3) is 6.35. The standard InChI is InChI=1S/C29H32N4O5/c34-25-17-24(29(38-25)37-19-21-10-5-2-6-11-21)32-28(36)23-16-22(18-31-23)26(35)27-30-13-15-33(27)14-7-12-20-8-3-1-4-9-20/h1-6,8-11,13,15,22-24,29,31H,7,12,14,16-19H2,(H,32,36)/t22?,23-,24?,29?/m0/s1. The molecular formula is C29H32N4O5. The van der Waals surface area contributed by atoms with E-state index >= 15 is 0 Å². The second-order valence-corrected chi connectivity index (χ2v) is 9.77. The molecule has 3 heterocycles. The number of amides is 1. The normalized spacial score (nSPS) is 22.8. The SMILES string of the molecule is O=C1CC(NC(=O)[C@@H]2CC(C(=O)c3nccn3CCCc3ccccc3)CN2)C(OCc2ccccc2)O1. The second kappa shape index (κ2) is 12.1. The molecule has 1 amide bonds. The van der Waals surface area contributed by atoms with Gasteiger partial charge in [0.15, 0.2) is 5.82 Å². The fraction of sp³-hybridized carbons (Fsp3) is 0.379. The van der Waals surface area contributed by atoms with E-state index in [1.165, 1.54) is 5.56 Å². The molecule has 38 heavy (non-hydrogen) atoms. The zero-order valence-electron chi connectivity index (χ0n) is 21.1. The van der Waals surface area contributed by atoms with E-state index in [-0.39, 0.29) is 30.6 Å². The fourth-order valence-corrected chi connectivity index (χ4v) is 4.97. The lowest BCUT2D eigenvalue weighted by atomic mass is 9.99. The highest BCUT2D eigenvalue weighted by molar-refractivity contribution is 5.96. The van der Waals surface area contributed by atoms with E-state index in [1.54, 1.807) is 6.20 Å². The molecule has 0 spiro atoms. The molecule has 9 heteroatoms. The lowest BCUT2D eigenvalue weighted by Crippen LogP contribution is -2.48. The molecule has 0 radical (unpaired) electrons. The van der Waals surface area contributed by atoms with Gasteiger partial charge in [-0.15, -0.1) is 0 Å². The van der Waals surface area contributed by atoms with Gasteiger partial charge in [0.2, 0.25) is 18.0 Å². The van der Waals surface area contributed by atoms with Crippen LogP contribution in [-0.4, -0.2) is 52.1 Å². The molecule has 2 saturated heterocycles. The van der Waals surface area contributed by atoms with Gasteiger partial charge >= 0.3 is 5.97 Å². The van der Waals surface area contributed by atoms with Crippen molar-refractivity contribution in [3.05, 3.63) is 90.0 Å². The number of imidazole rings is 1. The third-order valence-corrected chi connectivity index (χ3v) is 7.01. The Morgan fingerprint density at radius 3 is 2.58 bits per heavy atom. The minimum absolute atomic E-state index is 0.0424. The Balaban J connectivity index is 1.12. The van der Waals surface area contributed by atoms with Gasteiger partial charge in [-0.3, -0.25) is 14.4 Å². The number of ether oxygens (including phenoxy) is 2. The smallest absolute Gasteiger partial charge is 0.310 e. The van der Waals surface area contributed by atoms with Gasteiger partial charge in [-0.2, -0.15) is 0 Å². The zero-order valence-corrected chi connectivity index (χ0v) is 21.1. The Hall–Kier alpha value is -3.82. The maximum absolute atomic E-state index is 13.2. The average Bonchev–Trinajstić information content (AvgIpc) is 3.69. The van der Waals surface area contributed by atoms with E-state index in [2.05, 4.69) is 27.8 Å². The molecule has 2 aromatic carbocycles. The first-order chi connectivity index (χ1) is 18.6. The number of benzene rings is 2. The summed E-state index contributed by atoms with van der Waals surface area (Å²) in [5, 5.41) is 6.04. The van der Waals surface area contributed by atoms with Crippen molar-refractivity contribution in [1.29, 1.82) is 0 Å². The van der Waals surface area contributed by atoms with Gasteiger partial charge in [0.25, 0.3) is 0 Å². The van der Waals surface area contributed by atoms with Crippen LogP contribution in [0.1, 0.15) is 41.0 Å². The van der Waals surface area contributed by atoms with Crippen molar-refractivity contribution in [2.45, 2.75) is 57.2 Å². The van der Waals surface area contributed by atoms with E-state index in [0.29, 0.717) is 25.3 Å². The van der Waals surface area contributed by atoms with Crippen molar-refractivity contribution >= 4 is 17.7 Å². The summed E-state index contributed by atoms with van der Waals surface area (Å²) in [5.41, 5.74) is 2.20. The Morgan fingerprint density at radius 2 is 1.82 bits per heavy atom. The van der Waals surface area contributed by atoms with Gasteiger partial charge in [-0.1, -0.05) is 60.7 Å². The molecule has 3 aromatic rings. The van der Waals surface area contributed by atoms with E-state index in [9.17, 15) is 14.4 Å². The van der Waals surface area contributed by atoms with Crippen molar-refractivity contribution in [1.82, 2.24) is 20.2 Å². The number of carbonyl (C=O) groups is 3. The predicted octanol–water partition coefficient (Wildman–Crippen LogP) is 2.65. The minimum Gasteiger partial charge on any atom is -0.433 e. The summed E-state index contributed by atoms with van der Waals surface area (Å²) >= 11 is 0. The number of aromatic nitrogens is 2. The van der Waals surface area contributed by atoms with Crippen LogP contribution in [0.25, 0.3) is 0 Å². The highest BCUT2D eigenvalue weighted by atomic mass is 16.7. The van der Waals surface area contributed by atoms with Crippen LogP contribution in [0.15, 0.2) is 73.1 Å². The summed E-state index contributed by atoms with van der Waals surface area (Å²) in [6, 6.07) is 18.7. The van der Waals surface area contributed by atoms with Crippen molar-refractivity contribution in [2.24, 2.45) is 5.92 Å². The maximum Gasteiger partial charge on any atom is 0.310 e. The Kier molecular flexibility index (Phi) is 8.25. The van der Waals surface area contributed by atoms with E-state index < -0.39 is 24.3 Å². The molecule has 5 rings (SSSR count). The lowest BCUT2D eigenvalue weighted by molar-refractivity contribution is -0.168. The molecule has 2 N–H and O–H groups in total. The summed E-state index contributed by atoms with van der Waals surface area (Å²) in [5.74, 6) is -0.688. The second-order valence-electron chi connectivity index (χ2n) is 9.77. The molecule has 0 bridgehead atoms. The zero-order chi connectivity index (χ0) is 26.3. The van der Waals surface area contributed by atoms with Gasteiger partial charge in [0.05, 0.1) is 19.1 Å². The summed E-state index contributed by atoms with van der Waals surface area (Å²) in [6.07, 6.45) is 4.84. The van der Waals surface area contributed by atoms with Crippen LogP contribution in [0.4, 0.5) is 0 Å². The van der Waals surface area contributed by atoms with E-state index in [0.717, 1.165) is 18.4 Å². The van der Waals surface area contributed by atoms with E-state index in [4.69, 9.17) is 9.47 Å². The molecule has 3 unspecified atom stereocenters. The van der Waals surface area contributed by atoms with Gasteiger partial charge in [-0.05, 0) is 30.4 Å². The van der Waals surface area contributed by atoms with Gasteiger partial charge in [-0.25, -0.2) is 4.98 Å². The van der Waals surface area contributed by atoms with Crippen LogP contribution in [0.5, 0.6) is 0 Å². The summed E-state index contributed by atoms with van der Waals surface area (Å²) < 4.78 is 13.0. The Bertz CT molecular complexity index is 1250. The summed E-state index contributed by atoms with van der Waals surface area (Å²) in [4.78, 5) is 42.5. The minimum atomic E-state index is -0.853. The lowest BCUT2D eigenvalue weighted by Gasteiger charge is -2.21. The van der Waals surface area contributed by atoms with Crippen molar-refractivity contribution in [3.8, 4) is 0 Å². The third-order valence-electron chi connectivity index (χ3n) is 7.01. The van der Waals surface area contributed by atoms with Gasteiger partial charge < -0.3 is 24.7 Å². The van der Waals surface area contributed by atoms with E-state index in [1.807, 2.05) is 59.3 Å². The van der Waals surface area contributed by atoms with Crippen LogP contribution in [-0.2, 0) is 38.6 Å². The van der Waals surface area contributed by atoms with Crippen LogP contribution in [0.2, 0.25) is 0 Å². The fourth-order valence-electron chi connectivity index (χ4n) is 4.97. The quantitative estimate of drug-likeness (QED) is 0.298. The van der Waals surface area contributed by atoms with Gasteiger partial charge in [0, 0.05) is 31.4 Å². The number of nitrogens with zero attached hydrogens (tertiary/aromatic N) is 2. The maximum atomic E-state index is 13.2. The topological polar surface area (TPSA) is 112 Å². The summed E-state index contributed by atoms with van der Waals surface area (Å²) in [6.45, 7) is 1.35. The van der Waals surface area contributed by atoms with Crippen molar-refractivity contribution in [2.75, 3.05) is 6.54 Å². The number of Topliss-reactive ketones (excluding diaryl/α,β-unsaturated/α-hetero) is 1. The number of rotatable bonds is 11. The van der Waals surface area contributed by atoms with Gasteiger partial charge in [0.1, 0.15) is 6.04 Å². The molecule has 1 aromatic heterocycles. The monoisotopic (exact) mass is 516 g/mol. The molecule has 4 atom stereocenters. The van der Waals surface area contributed by atoms with Crippen LogP contribution in [0, 0.1) is 5.92 Å². The largest absolute Gasteiger partial charge is 0.433 e. The number of cyclic esters (lactones) is 1. The summed E-state index contributed by atoms with van der Waals surface area (Å²) in [7, 11) is 0. The molecule has 0 aliphatic carbocycles. The Labute approximate surface area is 221 Å². The number of hydrogen-bond donors (Lipinski definition) is 2. The first-order valence-corrected chi connectivity index (χ1v) is 13.0. The number of hydrogen-bond acceptors (Lipinski definition) is 7. The molecule has 9 nitrogen and oxygen atoms in total. The highest BCUT2D eigenvalue weighted by Gasteiger charge is 2.40. The van der Waals surface area contributed by atoms with Crippen molar-refractivity contribution < 1.29 is 23.9 Å². The van der Waals surface area contributed by atoms with Crippen LogP contribution >= 0.6 is 0 Å². The average molecular weight is 517 g/mol. The number of esters is 1. The molecule has 2 aliphatic rings. The molecular weight excluding hydrogens is 484 g/mol. The van der Waals surface area contributed by atoms with Crippen LogP contribution < -0.4 is 10.6 Å². The molecule has 198 valence electrons.